The largest absolute Gasteiger partial charge is 0.486 e. The van der Waals surface area contributed by atoms with Crippen LogP contribution in [0, 0.1) is 5.92 Å². The first kappa shape index (κ1) is 22.0. The van der Waals surface area contributed by atoms with Crippen molar-refractivity contribution in [1.29, 1.82) is 0 Å². The Morgan fingerprint density at radius 2 is 1.87 bits per heavy atom. The second-order valence-corrected chi connectivity index (χ2v) is 7.61. The van der Waals surface area contributed by atoms with E-state index in [1.165, 1.54) is 0 Å². The van der Waals surface area contributed by atoms with Crippen LogP contribution in [0.15, 0.2) is 35.3 Å². The first-order valence-electron chi connectivity index (χ1n) is 9.22. The van der Waals surface area contributed by atoms with Gasteiger partial charge in [-0.1, -0.05) is 31.5 Å². The summed E-state index contributed by atoms with van der Waals surface area (Å²) in [4.78, 5) is 24.6. The Morgan fingerprint density at radius 3 is 2.50 bits per heavy atom. The average Bonchev–Trinajstić information content (AvgIpc) is 2.68. The van der Waals surface area contributed by atoms with Crippen molar-refractivity contribution in [2.24, 2.45) is 5.92 Å². The minimum Gasteiger partial charge on any atom is -0.486 e. The third-order valence-corrected chi connectivity index (χ3v) is 4.86. The van der Waals surface area contributed by atoms with Crippen LogP contribution in [0.1, 0.15) is 31.0 Å². The van der Waals surface area contributed by atoms with Gasteiger partial charge in [0.2, 0.25) is 5.91 Å². The lowest BCUT2D eigenvalue weighted by molar-refractivity contribution is -0.138. The van der Waals surface area contributed by atoms with Crippen LogP contribution in [0.4, 0.5) is 13.2 Å². The summed E-state index contributed by atoms with van der Waals surface area (Å²) in [5, 5.41) is 2.17. The molecule has 1 N–H and O–H groups in total. The topological polar surface area (TPSA) is 69.6 Å². The second-order valence-electron chi connectivity index (χ2n) is 7.20. The predicted octanol–water partition coefficient (Wildman–Crippen LogP) is 3.81. The van der Waals surface area contributed by atoms with E-state index < -0.39 is 40.8 Å². The van der Waals surface area contributed by atoms with Crippen LogP contribution in [-0.4, -0.2) is 23.7 Å². The molecule has 10 heteroatoms. The van der Waals surface area contributed by atoms with Gasteiger partial charge in [-0.05, 0) is 29.7 Å². The van der Waals surface area contributed by atoms with Crippen LogP contribution < -0.4 is 20.3 Å². The SMILES string of the molecule is CC(C)C(NC(=O)Cn1cc(C(F)(F)F)cc(Cl)c1=O)c1ccc2c(c1)OCCO2. The Labute approximate surface area is 175 Å². The monoisotopic (exact) mass is 444 g/mol. The molecule has 1 aliphatic rings. The van der Waals surface area contributed by atoms with Crippen molar-refractivity contribution in [3.05, 3.63) is 57.0 Å². The minimum absolute atomic E-state index is 0.0432. The summed E-state index contributed by atoms with van der Waals surface area (Å²) in [6, 6.07) is 5.37. The Hall–Kier alpha value is -2.68. The number of ether oxygens (including phenoxy) is 2. The molecule has 0 saturated heterocycles. The molecule has 0 spiro atoms. The summed E-state index contributed by atoms with van der Waals surface area (Å²) in [5.74, 6) is 0.489. The van der Waals surface area contributed by atoms with E-state index in [9.17, 15) is 22.8 Å². The second kappa shape index (κ2) is 8.59. The molecule has 2 heterocycles. The van der Waals surface area contributed by atoms with Gasteiger partial charge < -0.3 is 19.4 Å². The smallest absolute Gasteiger partial charge is 0.417 e. The van der Waals surface area contributed by atoms with E-state index >= 15 is 0 Å². The number of rotatable bonds is 5. The van der Waals surface area contributed by atoms with Crippen LogP contribution in [0.3, 0.4) is 0 Å². The Kier molecular flexibility index (Phi) is 6.30. The van der Waals surface area contributed by atoms with Crippen LogP contribution >= 0.6 is 11.6 Å². The number of pyridine rings is 1. The molecule has 1 atom stereocenters. The molecule has 1 aromatic heterocycles. The number of halogens is 4. The van der Waals surface area contributed by atoms with E-state index in [4.69, 9.17) is 21.1 Å². The van der Waals surface area contributed by atoms with E-state index in [1.54, 1.807) is 18.2 Å². The van der Waals surface area contributed by atoms with E-state index in [2.05, 4.69) is 5.32 Å². The van der Waals surface area contributed by atoms with Crippen LogP contribution in [0.2, 0.25) is 5.02 Å². The Bertz CT molecular complexity index is 1000. The van der Waals surface area contributed by atoms with E-state index in [0.29, 0.717) is 41.5 Å². The summed E-state index contributed by atoms with van der Waals surface area (Å²) in [7, 11) is 0. The third kappa shape index (κ3) is 4.89. The number of hydrogen-bond acceptors (Lipinski definition) is 4. The Morgan fingerprint density at radius 1 is 1.20 bits per heavy atom. The highest BCUT2D eigenvalue weighted by Crippen LogP contribution is 2.34. The van der Waals surface area contributed by atoms with Crippen molar-refractivity contribution < 1.29 is 27.4 Å². The molecule has 2 aromatic rings. The first-order chi connectivity index (χ1) is 14.1. The number of carbonyl (C=O) groups is 1. The van der Waals surface area contributed by atoms with Crippen molar-refractivity contribution in [2.45, 2.75) is 32.6 Å². The zero-order valence-electron chi connectivity index (χ0n) is 16.3. The molecule has 1 aromatic carbocycles. The maximum absolute atomic E-state index is 13.0. The number of nitrogens with one attached hydrogen (secondary N) is 1. The first-order valence-corrected chi connectivity index (χ1v) is 9.60. The number of aromatic nitrogens is 1. The lowest BCUT2D eigenvalue weighted by Crippen LogP contribution is -2.37. The predicted molar refractivity (Wildman–Crippen MR) is 104 cm³/mol. The van der Waals surface area contributed by atoms with Gasteiger partial charge in [0.15, 0.2) is 11.5 Å². The van der Waals surface area contributed by atoms with Gasteiger partial charge in [0.1, 0.15) is 24.8 Å². The summed E-state index contributed by atoms with van der Waals surface area (Å²) >= 11 is 5.64. The molecule has 0 bridgehead atoms. The van der Waals surface area contributed by atoms with Crippen molar-refractivity contribution in [3.63, 3.8) is 0 Å². The summed E-state index contributed by atoms with van der Waals surface area (Å²) < 4.78 is 50.7. The number of alkyl halides is 3. The fourth-order valence-corrected chi connectivity index (χ4v) is 3.36. The van der Waals surface area contributed by atoms with Crippen molar-refractivity contribution in [1.82, 2.24) is 9.88 Å². The Balaban J connectivity index is 1.82. The van der Waals surface area contributed by atoms with E-state index in [1.807, 2.05) is 13.8 Å². The van der Waals surface area contributed by atoms with E-state index in [0.717, 1.165) is 5.56 Å². The van der Waals surface area contributed by atoms with Gasteiger partial charge in [-0.2, -0.15) is 13.2 Å². The molecule has 6 nitrogen and oxygen atoms in total. The zero-order valence-corrected chi connectivity index (χ0v) is 17.0. The summed E-state index contributed by atoms with van der Waals surface area (Å²) in [6.45, 7) is 4.03. The summed E-state index contributed by atoms with van der Waals surface area (Å²) in [6.07, 6.45) is -4.11. The molecule has 0 radical (unpaired) electrons. The molecule has 0 saturated carbocycles. The zero-order chi connectivity index (χ0) is 22.1. The van der Waals surface area contributed by atoms with Crippen LogP contribution in [0.25, 0.3) is 0 Å². The van der Waals surface area contributed by atoms with Gasteiger partial charge in [0.05, 0.1) is 11.6 Å². The highest BCUT2D eigenvalue weighted by atomic mass is 35.5. The molecule has 1 unspecified atom stereocenters. The fraction of sp³-hybridized carbons (Fsp3) is 0.400. The van der Waals surface area contributed by atoms with Crippen molar-refractivity contribution in [3.8, 4) is 11.5 Å². The molecule has 0 fully saturated rings. The quantitative estimate of drug-likeness (QED) is 0.761. The molecule has 0 aliphatic carbocycles. The number of fused-ring (bicyclic) bond motifs is 1. The standard InChI is InChI=1S/C20H20ClF3N2O4/c1-11(2)18(12-3-4-15-16(7-12)30-6-5-29-15)25-17(27)10-26-9-13(20(22,23)24)8-14(21)19(26)28/h3-4,7-9,11,18H,5-6,10H2,1-2H3,(H,25,27). The highest BCUT2D eigenvalue weighted by molar-refractivity contribution is 6.30. The maximum atomic E-state index is 13.0. The molecule has 1 amide bonds. The van der Waals surface area contributed by atoms with Crippen molar-refractivity contribution in [2.75, 3.05) is 13.2 Å². The number of amides is 1. The molecule has 30 heavy (non-hydrogen) atoms. The van der Waals surface area contributed by atoms with Crippen LogP contribution in [-0.2, 0) is 17.5 Å². The number of hydrogen-bond donors (Lipinski definition) is 1. The normalized spacial score (nSPS) is 14.5. The molecular weight excluding hydrogens is 425 g/mol. The minimum atomic E-state index is -4.69. The third-order valence-electron chi connectivity index (χ3n) is 4.59. The number of benzene rings is 1. The van der Waals surface area contributed by atoms with Gasteiger partial charge >= 0.3 is 6.18 Å². The van der Waals surface area contributed by atoms with Gasteiger partial charge in [-0.25, -0.2) is 0 Å². The lowest BCUT2D eigenvalue weighted by Gasteiger charge is -2.25. The fourth-order valence-electron chi connectivity index (χ4n) is 3.13. The van der Waals surface area contributed by atoms with Gasteiger partial charge in [-0.15, -0.1) is 0 Å². The van der Waals surface area contributed by atoms with Gasteiger partial charge in [0, 0.05) is 6.20 Å². The lowest BCUT2D eigenvalue weighted by atomic mass is 9.95. The number of carbonyl (C=O) groups excluding carboxylic acids is 1. The van der Waals surface area contributed by atoms with Crippen LogP contribution in [0.5, 0.6) is 11.5 Å². The highest BCUT2D eigenvalue weighted by Gasteiger charge is 2.32. The van der Waals surface area contributed by atoms with E-state index in [-0.39, 0.29) is 5.92 Å². The average molecular weight is 445 g/mol. The summed E-state index contributed by atoms with van der Waals surface area (Å²) in [5.41, 5.74) is -1.23. The molecular formula is C20H20ClF3N2O4. The maximum Gasteiger partial charge on any atom is 0.417 e. The van der Waals surface area contributed by atoms with Gasteiger partial charge in [-0.3, -0.25) is 9.59 Å². The molecule has 1 aliphatic heterocycles. The van der Waals surface area contributed by atoms with Crippen molar-refractivity contribution >= 4 is 17.5 Å². The molecule has 162 valence electrons. The van der Waals surface area contributed by atoms with Gasteiger partial charge in [0.25, 0.3) is 5.56 Å². The number of nitrogens with zero attached hydrogens (tertiary/aromatic N) is 1. The molecule has 3 rings (SSSR count).